The average Bonchev–Trinajstić information content (AvgIpc) is 2.95. The first-order chi connectivity index (χ1) is 19.4. The Balaban J connectivity index is 1.65. The zero-order chi connectivity index (χ0) is 28.3. The van der Waals surface area contributed by atoms with Crippen LogP contribution in [0.2, 0.25) is 0 Å². The zero-order valence-corrected chi connectivity index (χ0v) is 23.4. The van der Waals surface area contributed by atoms with Crippen molar-refractivity contribution in [1.29, 1.82) is 0 Å². The minimum Gasteiger partial charge on any atom is -0.287 e. The van der Waals surface area contributed by atoms with Crippen molar-refractivity contribution >= 4 is 39.4 Å². The summed E-state index contributed by atoms with van der Waals surface area (Å²) in [4.78, 5) is 27.8. The molecule has 4 aromatic carbocycles. The number of benzene rings is 4. The van der Waals surface area contributed by atoms with Crippen molar-refractivity contribution in [1.82, 2.24) is 0 Å². The number of carbonyl (C=O) groups excluding carboxylic acids is 2. The van der Waals surface area contributed by atoms with Crippen molar-refractivity contribution in [2.45, 2.75) is 23.6 Å². The Labute approximate surface area is 243 Å². The molecule has 0 fully saturated rings. The van der Waals surface area contributed by atoms with E-state index in [0.717, 1.165) is 43.2 Å². The predicted octanol–water partition coefficient (Wildman–Crippen LogP) is 7.71. The molecule has 0 bridgehead atoms. The second-order valence-electron chi connectivity index (χ2n) is 8.44. The summed E-state index contributed by atoms with van der Waals surface area (Å²) in [5.41, 5.74) is 5.36. The van der Waals surface area contributed by atoms with Gasteiger partial charge in [0, 0.05) is 57.0 Å². The summed E-state index contributed by atoms with van der Waals surface area (Å²) in [5.74, 6) is 19.1. The molecule has 0 saturated heterocycles. The Morgan fingerprint density at radius 1 is 0.525 bits per heavy atom. The number of thioether (sulfide) groups is 2. The van der Waals surface area contributed by atoms with Crippen molar-refractivity contribution < 1.29 is 9.59 Å². The lowest BCUT2D eigenvalue weighted by molar-refractivity contribution is -0.109. The molecule has 5 heteroatoms. The minimum atomic E-state index is 0.0404. The number of carbonyl (C=O) groups is 2. The number of rotatable bonds is 2. The van der Waals surface area contributed by atoms with Gasteiger partial charge in [-0.3, -0.25) is 9.59 Å². The van der Waals surface area contributed by atoms with E-state index in [4.69, 9.17) is 6.57 Å². The summed E-state index contributed by atoms with van der Waals surface area (Å²) in [6.07, 6.45) is 0. The van der Waals surface area contributed by atoms with Crippen molar-refractivity contribution in [3.63, 3.8) is 0 Å². The Kier molecular flexibility index (Phi) is 9.67. The highest BCUT2D eigenvalue weighted by Crippen LogP contribution is 2.20. The minimum absolute atomic E-state index is 0.0404. The molecule has 0 radical (unpaired) electrons. The second kappa shape index (κ2) is 13.8. The van der Waals surface area contributed by atoms with Crippen LogP contribution in [0, 0.1) is 42.1 Å². The summed E-state index contributed by atoms with van der Waals surface area (Å²) in [6.45, 7) is 10.2. The standard InChI is InChI=1S/C35H21NO2S2/c1-25(37)39-34-18-12-28(13-19-34)5-8-31-22-30(7-4-27-10-16-33(36-3)17-11-27)23-32(24-31)9-6-29-14-20-35(21-15-29)40-26(2)38/h10-24H,1-2H3. The van der Waals surface area contributed by atoms with Gasteiger partial charge in [-0.25, -0.2) is 4.85 Å². The molecule has 40 heavy (non-hydrogen) atoms. The maximum Gasteiger partial charge on any atom is 0.190 e. The molecule has 0 saturated carbocycles. The first-order valence-corrected chi connectivity index (χ1v) is 13.8. The summed E-state index contributed by atoms with van der Waals surface area (Å²) in [7, 11) is 0. The van der Waals surface area contributed by atoms with Gasteiger partial charge in [0.2, 0.25) is 0 Å². The van der Waals surface area contributed by atoms with E-state index in [1.54, 1.807) is 26.0 Å². The van der Waals surface area contributed by atoms with Crippen molar-refractivity contribution in [2.75, 3.05) is 0 Å². The van der Waals surface area contributed by atoms with E-state index in [2.05, 4.69) is 40.4 Å². The van der Waals surface area contributed by atoms with Gasteiger partial charge in [-0.15, -0.1) is 0 Å². The van der Waals surface area contributed by atoms with Gasteiger partial charge in [0.25, 0.3) is 0 Å². The molecule has 190 valence electrons. The van der Waals surface area contributed by atoms with Gasteiger partial charge in [0.05, 0.1) is 6.57 Å². The van der Waals surface area contributed by atoms with Gasteiger partial charge in [0.15, 0.2) is 15.9 Å². The summed E-state index contributed by atoms with van der Waals surface area (Å²) in [6, 6.07) is 28.0. The number of nitrogens with zero attached hydrogens (tertiary/aromatic N) is 1. The molecule has 4 aromatic rings. The molecule has 0 amide bonds. The lowest BCUT2D eigenvalue weighted by Gasteiger charge is -1.99. The second-order valence-corrected chi connectivity index (χ2v) is 10.9. The summed E-state index contributed by atoms with van der Waals surface area (Å²) in [5, 5.41) is 0.0808. The maximum atomic E-state index is 11.3. The van der Waals surface area contributed by atoms with Crippen LogP contribution >= 0.6 is 23.5 Å². The normalized spacial score (nSPS) is 9.53. The van der Waals surface area contributed by atoms with Gasteiger partial charge in [-0.05, 0) is 66.7 Å². The molecule has 0 aliphatic rings. The monoisotopic (exact) mass is 551 g/mol. The van der Waals surface area contributed by atoms with Crippen LogP contribution in [0.3, 0.4) is 0 Å². The highest BCUT2D eigenvalue weighted by atomic mass is 32.2. The molecule has 0 heterocycles. The molecule has 0 aromatic heterocycles. The predicted molar refractivity (Wildman–Crippen MR) is 163 cm³/mol. The SMILES string of the molecule is [C-]#[N+]c1ccc(C#Cc2cc(C#Cc3ccc(SC(C)=O)cc3)cc(C#Cc3ccc(SC(C)=O)cc3)c2)cc1. The van der Waals surface area contributed by atoms with Crippen molar-refractivity contribution in [3.8, 4) is 35.5 Å². The quantitative estimate of drug-likeness (QED) is 0.145. The van der Waals surface area contributed by atoms with Crippen LogP contribution in [-0.2, 0) is 9.59 Å². The van der Waals surface area contributed by atoms with E-state index < -0.39 is 0 Å². The zero-order valence-electron chi connectivity index (χ0n) is 21.7. The third kappa shape index (κ3) is 8.84. The van der Waals surface area contributed by atoms with E-state index in [0.29, 0.717) is 5.69 Å². The van der Waals surface area contributed by atoms with Crippen LogP contribution in [-0.4, -0.2) is 10.2 Å². The van der Waals surface area contributed by atoms with Crippen LogP contribution in [0.5, 0.6) is 0 Å². The van der Waals surface area contributed by atoms with Crippen LogP contribution in [0.4, 0.5) is 5.69 Å². The Morgan fingerprint density at radius 2 is 0.825 bits per heavy atom. The summed E-state index contributed by atoms with van der Waals surface area (Å²) < 4.78 is 0. The molecule has 3 nitrogen and oxygen atoms in total. The molecule has 0 N–H and O–H groups in total. The Hall–Kier alpha value is -4.91. The third-order valence-corrected chi connectivity index (χ3v) is 6.81. The maximum absolute atomic E-state index is 11.3. The molecule has 0 aliphatic carbocycles. The largest absolute Gasteiger partial charge is 0.287 e. The lowest BCUT2D eigenvalue weighted by Crippen LogP contribution is -1.86. The highest BCUT2D eigenvalue weighted by molar-refractivity contribution is 8.13. The first kappa shape index (κ1) is 28.1. The van der Waals surface area contributed by atoms with Gasteiger partial charge < -0.3 is 0 Å². The molecule has 0 spiro atoms. The van der Waals surface area contributed by atoms with Crippen molar-refractivity contribution in [3.05, 3.63) is 136 Å². The van der Waals surface area contributed by atoms with Gasteiger partial charge in [0.1, 0.15) is 0 Å². The van der Waals surface area contributed by atoms with E-state index in [1.807, 2.05) is 78.9 Å². The average molecular weight is 552 g/mol. The molecule has 4 rings (SSSR count). The van der Waals surface area contributed by atoms with Crippen LogP contribution in [0.15, 0.2) is 101 Å². The van der Waals surface area contributed by atoms with Gasteiger partial charge in [-0.1, -0.05) is 83.3 Å². The van der Waals surface area contributed by atoms with Crippen LogP contribution in [0.25, 0.3) is 4.85 Å². The first-order valence-electron chi connectivity index (χ1n) is 12.1. The van der Waals surface area contributed by atoms with Crippen molar-refractivity contribution in [2.24, 2.45) is 0 Å². The van der Waals surface area contributed by atoms with Gasteiger partial charge >= 0.3 is 0 Å². The number of hydrogen-bond donors (Lipinski definition) is 0. The topological polar surface area (TPSA) is 38.5 Å². The van der Waals surface area contributed by atoms with Crippen LogP contribution < -0.4 is 0 Å². The van der Waals surface area contributed by atoms with E-state index in [1.165, 1.54) is 23.5 Å². The highest BCUT2D eigenvalue weighted by Gasteiger charge is 2.01. The fraction of sp³-hybridized carbons (Fsp3) is 0.0571. The fourth-order valence-electron chi connectivity index (χ4n) is 3.44. The molecule has 0 aliphatic heterocycles. The van der Waals surface area contributed by atoms with E-state index in [-0.39, 0.29) is 10.2 Å². The fourth-order valence-corrected chi connectivity index (χ4v) is 4.65. The molecular formula is C35H21NO2S2. The Morgan fingerprint density at radius 3 is 1.12 bits per heavy atom. The lowest BCUT2D eigenvalue weighted by atomic mass is 10.0. The van der Waals surface area contributed by atoms with Crippen LogP contribution in [0.1, 0.15) is 47.2 Å². The smallest absolute Gasteiger partial charge is 0.190 e. The molecular weight excluding hydrogens is 531 g/mol. The molecule has 0 unspecified atom stereocenters. The number of hydrogen-bond acceptors (Lipinski definition) is 4. The summed E-state index contributed by atoms with van der Waals surface area (Å²) >= 11 is 2.38. The van der Waals surface area contributed by atoms with E-state index >= 15 is 0 Å². The van der Waals surface area contributed by atoms with E-state index in [9.17, 15) is 9.59 Å². The third-order valence-electron chi connectivity index (χ3n) is 5.21. The molecule has 0 atom stereocenters. The Bertz CT molecular complexity index is 1700. The van der Waals surface area contributed by atoms with Gasteiger partial charge in [-0.2, -0.15) is 0 Å².